The predicted molar refractivity (Wildman–Crippen MR) is 88.1 cm³/mol. The molecule has 0 bridgehead atoms. The normalized spacial score (nSPS) is 24.7. The summed E-state index contributed by atoms with van der Waals surface area (Å²) in [6.07, 6.45) is 7.53. The Balaban J connectivity index is 1.59. The minimum atomic E-state index is 0.162. The Labute approximate surface area is 133 Å². The van der Waals surface area contributed by atoms with Gasteiger partial charge in [-0.1, -0.05) is 18.9 Å². The number of hydrogen-bond acceptors (Lipinski definition) is 2. The van der Waals surface area contributed by atoms with Crippen molar-refractivity contribution in [2.45, 2.75) is 58.4 Å². The van der Waals surface area contributed by atoms with Crippen molar-refractivity contribution in [3.63, 3.8) is 0 Å². The van der Waals surface area contributed by atoms with E-state index in [1.165, 1.54) is 43.2 Å². The molecule has 1 saturated carbocycles. The van der Waals surface area contributed by atoms with Crippen LogP contribution in [0.4, 0.5) is 0 Å². The van der Waals surface area contributed by atoms with Crippen LogP contribution in [0, 0.1) is 19.8 Å². The highest BCUT2D eigenvalue weighted by molar-refractivity contribution is 5.78. The van der Waals surface area contributed by atoms with Crippen LogP contribution in [0.25, 0.3) is 0 Å². The largest absolute Gasteiger partial charge is 0.484 e. The molecule has 2 fully saturated rings. The summed E-state index contributed by atoms with van der Waals surface area (Å²) in [6.45, 7) is 5.24. The van der Waals surface area contributed by atoms with Gasteiger partial charge in [-0.3, -0.25) is 4.79 Å². The van der Waals surface area contributed by atoms with Crippen molar-refractivity contribution in [1.29, 1.82) is 0 Å². The molecule has 1 aromatic carbocycles. The Morgan fingerprint density at radius 1 is 1.14 bits per heavy atom. The lowest BCUT2D eigenvalue weighted by Crippen LogP contribution is -2.51. The molecular weight excluding hydrogens is 274 g/mol. The minimum absolute atomic E-state index is 0.162. The molecule has 1 heterocycles. The average Bonchev–Trinajstić information content (AvgIpc) is 2.55. The lowest BCUT2D eigenvalue weighted by molar-refractivity contribution is -0.139. The van der Waals surface area contributed by atoms with Crippen molar-refractivity contribution in [3.8, 4) is 5.75 Å². The van der Waals surface area contributed by atoms with Crippen molar-refractivity contribution in [3.05, 3.63) is 29.3 Å². The van der Waals surface area contributed by atoms with Crippen LogP contribution in [-0.2, 0) is 4.79 Å². The van der Waals surface area contributed by atoms with E-state index >= 15 is 0 Å². The van der Waals surface area contributed by atoms with Gasteiger partial charge < -0.3 is 9.64 Å². The molecule has 1 aliphatic heterocycles. The molecule has 2 unspecified atom stereocenters. The number of carbonyl (C=O) groups is 1. The third-order valence-electron chi connectivity index (χ3n) is 5.40. The van der Waals surface area contributed by atoms with E-state index in [2.05, 4.69) is 18.7 Å². The fraction of sp³-hybridized carbons (Fsp3) is 0.632. The molecule has 22 heavy (non-hydrogen) atoms. The number of amides is 1. The Bertz CT molecular complexity index is 538. The maximum Gasteiger partial charge on any atom is 0.260 e. The molecule has 0 spiro atoms. The summed E-state index contributed by atoms with van der Waals surface area (Å²) in [5.41, 5.74) is 2.45. The summed E-state index contributed by atoms with van der Waals surface area (Å²) >= 11 is 0. The summed E-state index contributed by atoms with van der Waals surface area (Å²) in [4.78, 5) is 14.7. The fourth-order valence-corrected chi connectivity index (χ4v) is 3.97. The first-order valence-electron chi connectivity index (χ1n) is 8.64. The second-order valence-corrected chi connectivity index (χ2v) is 6.88. The van der Waals surface area contributed by atoms with Crippen molar-refractivity contribution in [2.24, 2.45) is 5.92 Å². The van der Waals surface area contributed by atoms with Crippen LogP contribution in [-0.4, -0.2) is 30.0 Å². The van der Waals surface area contributed by atoms with Gasteiger partial charge in [-0.25, -0.2) is 0 Å². The van der Waals surface area contributed by atoms with Gasteiger partial charge in [0, 0.05) is 12.6 Å². The van der Waals surface area contributed by atoms with Crippen LogP contribution < -0.4 is 4.74 Å². The first kappa shape index (κ1) is 15.4. The van der Waals surface area contributed by atoms with Gasteiger partial charge in [-0.15, -0.1) is 0 Å². The molecule has 3 nitrogen and oxygen atoms in total. The summed E-state index contributed by atoms with van der Waals surface area (Å²) < 4.78 is 5.75. The van der Waals surface area contributed by atoms with E-state index in [9.17, 15) is 4.79 Å². The number of ether oxygens (including phenoxy) is 1. The lowest BCUT2D eigenvalue weighted by Gasteiger charge is -2.44. The van der Waals surface area contributed by atoms with E-state index in [0.29, 0.717) is 6.04 Å². The lowest BCUT2D eigenvalue weighted by atomic mass is 9.78. The maximum atomic E-state index is 12.6. The number of aryl methyl sites for hydroxylation is 2. The minimum Gasteiger partial charge on any atom is -0.484 e. The molecule has 3 rings (SSSR count). The summed E-state index contributed by atoms with van der Waals surface area (Å²) in [6, 6.07) is 6.49. The van der Waals surface area contributed by atoms with Gasteiger partial charge in [-0.2, -0.15) is 0 Å². The Morgan fingerprint density at radius 2 is 1.91 bits per heavy atom. The van der Waals surface area contributed by atoms with E-state index in [1.807, 2.05) is 18.2 Å². The molecule has 2 aliphatic rings. The highest BCUT2D eigenvalue weighted by Crippen LogP contribution is 2.35. The van der Waals surface area contributed by atoms with Crippen molar-refractivity contribution in [1.82, 2.24) is 4.90 Å². The van der Waals surface area contributed by atoms with E-state index in [0.717, 1.165) is 24.6 Å². The molecule has 2 atom stereocenters. The molecule has 3 heteroatoms. The van der Waals surface area contributed by atoms with Crippen LogP contribution in [0.1, 0.15) is 49.7 Å². The number of rotatable bonds is 3. The Kier molecular flexibility index (Phi) is 4.70. The Morgan fingerprint density at radius 3 is 2.73 bits per heavy atom. The smallest absolute Gasteiger partial charge is 0.260 e. The average molecular weight is 301 g/mol. The van der Waals surface area contributed by atoms with Crippen molar-refractivity contribution < 1.29 is 9.53 Å². The third-order valence-corrected chi connectivity index (χ3v) is 5.40. The van der Waals surface area contributed by atoms with Gasteiger partial charge in [0.25, 0.3) is 5.91 Å². The zero-order valence-electron chi connectivity index (χ0n) is 13.8. The molecule has 1 saturated heterocycles. The monoisotopic (exact) mass is 301 g/mol. The molecule has 1 amide bonds. The van der Waals surface area contributed by atoms with Gasteiger partial charge in [0.2, 0.25) is 0 Å². The van der Waals surface area contributed by atoms with Crippen LogP contribution >= 0.6 is 0 Å². The molecule has 120 valence electrons. The van der Waals surface area contributed by atoms with Crippen molar-refractivity contribution in [2.75, 3.05) is 13.2 Å². The number of fused-ring (bicyclic) bond motifs is 1. The number of likely N-dealkylation sites (tertiary alicyclic amines) is 1. The summed E-state index contributed by atoms with van der Waals surface area (Å²) in [5, 5.41) is 0. The highest BCUT2D eigenvalue weighted by Gasteiger charge is 2.35. The maximum absolute atomic E-state index is 12.6. The van der Waals surface area contributed by atoms with Crippen LogP contribution in [0.5, 0.6) is 5.75 Å². The van der Waals surface area contributed by atoms with Gasteiger partial charge in [0.15, 0.2) is 6.61 Å². The second-order valence-electron chi connectivity index (χ2n) is 6.88. The first-order chi connectivity index (χ1) is 10.6. The van der Waals surface area contributed by atoms with Crippen LogP contribution in [0.15, 0.2) is 18.2 Å². The zero-order valence-corrected chi connectivity index (χ0v) is 13.8. The van der Waals surface area contributed by atoms with E-state index < -0.39 is 0 Å². The fourth-order valence-electron chi connectivity index (χ4n) is 3.97. The van der Waals surface area contributed by atoms with Crippen LogP contribution in [0.2, 0.25) is 0 Å². The van der Waals surface area contributed by atoms with Gasteiger partial charge in [0.05, 0.1) is 0 Å². The molecule has 1 aromatic rings. The summed E-state index contributed by atoms with van der Waals surface area (Å²) in [5.74, 6) is 1.69. The SMILES string of the molecule is Cc1ccc(OCC(=O)N2CCCC3CCCCC32)cc1C. The number of nitrogens with zero attached hydrogens (tertiary/aromatic N) is 1. The predicted octanol–water partition coefficient (Wildman–Crippen LogP) is 3.86. The second kappa shape index (κ2) is 6.72. The van der Waals surface area contributed by atoms with Crippen molar-refractivity contribution >= 4 is 5.91 Å². The zero-order chi connectivity index (χ0) is 15.5. The summed E-state index contributed by atoms with van der Waals surface area (Å²) in [7, 11) is 0. The van der Waals surface area contributed by atoms with E-state index in [4.69, 9.17) is 4.74 Å². The number of carbonyl (C=O) groups excluding carboxylic acids is 1. The first-order valence-corrected chi connectivity index (χ1v) is 8.64. The number of hydrogen-bond donors (Lipinski definition) is 0. The number of piperidine rings is 1. The van der Waals surface area contributed by atoms with Gasteiger partial charge >= 0.3 is 0 Å². The highest BCUT2D eigenvalue weighted by atomic mass is 16.5. The quantitative estimate of drug-likeness (QED) is 0.848. The molecular formula is C19H27NO2. The standard InChI is InChI=1S/C19H27NO2/c1-14-9-10-17(12-15(14)2)22-13-19(21)20-11-5-7-16-6-3-4-8-18(16)20/h9-10,12,16,18H,3-8,11,13H2,1-2H3. The topological polar surface area (TPSA) is 29.5 Å². The number of benzene rings is 1. The van der Waals surface area contributed by atoms with Gasteiger partial charge in [0.1, 0.15) is 5.75 Å². The van der Waals surface area contributed by atoms with Crippen LogP contribution in [0.3, 0.4) is 0 Å². The molecule has 0 N–H and O–H groups in total. The molecule has 0 aromatic heterocycles. The Hall–Kier alpha value is -1.51. The molecule has 1 aliphatic carbocycles. The van der Waals surface area contributed by atoms with E-state index in [-0.39, 0.29) is 12.5 Å². The van der Waals surface area contributed by atoms with E-state index in [1.54, 1.807) is 0 Å². The molecule has 0 radical (unpaired) electrons. The van der Waals surface area contributed by atoms with Gasteiger partial charge in [-0.05, 0) is 68.7 Å². The third kappa shape index (κ3) is 3.29.